The number of nitrogens with one attached hydrogen (secondary N) is 1. The van der Waals surface area contributed by atoms with Gasteiger partial charge in [0.1, 0.15) is 5.78 Å². The van der Waals surface area contributed by atoms with E-state index in [9.17, 15) is 14.7 Å². The molecule has 44 heavy (non-hydrogen) atoms. The van der Waals surface area contributed by atoms with Crippen LogP contribution in [0, 0.1) is 5.92 Å². The van der Waals surface area contributed by atoms with Gasteiger partial charge in [-0.3, -0.25) is 9.59 Å². The van der Waals surface area contributed by atoms with Crippen molar-refractivity contribution < 1.29 is 19.4 Å². The first-order chi connectivity index (χ1) is 21.3. The first-order valence-corrected chi connectivity index (χ1v) is 18.0. The van der Waals surface area contributed by atoms with Gasteiger partial charge in [-0.05, 0) is 72.1 Å². The number of nitrogens with zero attached hydrogens (tertiary/aromatic N) is 2. The van der Waals surface area contributed by atoms with Gasteiger partial charge >= 0.3 is 0 Å². The van der Waals surface area contributed by atoms with E-state index in [1.54, 1.807) is 18.2 Å². The largest absolute Gasteiger partial charge is 0.504 e. The molecular weight excluding hydrogens is 593 g/mol. The van der Waals surface area contributed by atoms with Gasteiger partial charge in [-0.1, -0.05) is 66.3 Å². The summed E-state index contributed by atoms with van der Waals surface area (Å²) in [6, 6.07) is 3.43. The van der Waals surface area contributed by atoms with Crippen LogP contribution in [0.1, 0.15) is 75.8 Å². The second-order valence-corrected chi connectivity index (χ2v) is 14.6. The molecule has 5 rings (SSSR count). The van der Waals surface area contributed by atoms with Gasteiger partial charge in [0.25, 0.3) is 0 Å². The standard InChI is InChI=1S/C34H44N4O4S2/c1-3-23-7-9-27(39)19-28(40)10-8-25-18-31(42-2)30(41)17-26(25)15-24-16-29(33(35)37-20-24)32(44-43-21-23)34(11-5-4-6-12-34)38-14-13-36-22-38/h8,10,13-14,16-18,20,22-23,32-33,37,41H,3-7,9,11-12,15,19,21,35H2,1-2H3. The summed E-state index contributed by atoms with van der Waals surface area (Å²) < 4.78 is 7.69. The molecule has 1 fully saturated rings. The molecule has 3 aliphatic rings. The van der Waals surface area contributed by atoms with Gasteiger partial charge in [0.15, 0.2) is 17.3 Å². The molecule has 0 spiro atoms. The third-order valence-electron chi connectivity index (χ3n) is 9.22. The highest BCUT2D eigenvalue weighted by atomic mass is 33.1. The number of Topliss-reactive ketones (excluding diaryl/α,β-unsaturated/α-hetero) is 1. The minimum atomic E-state index is -0.342. The van der Waals surface area contributed by atoms with Gasteiger partial charge in [-0.15, -0.1) is 0 Å². The second-order valence-electron chi connectivity index (χ2n) is 12.1. The first-order valence-electron chi connectivity index (χ1n) is 15.6. The summed E-state index contributed by atoms with van der Waals surface area (Å²) in [5, 5.41) is 14.2. The number of phenols is 1. The molecule has 1 aromatic carbocycles. The van der Waals surface area contributed by atoms with E-state index in [1.807, 2.05) is 40.3 Å². The number of allylic oxidation sites excluding steroid dienone is 3. The Bertz CT molecular complexity index is 1410. The molecule has 1 aliphatic carbocycles. The molecule has 0 radical (unpaired) electrons. The molecule has 2 bridgehead atoms. The monoisotopic (exact) mass is 636 g/mol. The summed E-state index contributed by atoms with van der Waals surface area (Å²) >= 11 is 0. The summed E-state index contributed by atoms with van der Waals surface area (Å²) in [6.45, 7) is 2.18. The second kappa shape index (κ2) is 14.9. The molecule has 2 aromatic rings. The van der Waals surface area contributed by atoms with Gasteiger partial charge in [-0.2, -0.15) is 0 Å². The van der Waals surface area contributed by atoms with E-state index in [0.717, 1.165) is 66.6 Å². The highest BCUT2D eigenvalue weighted by molar-refractivity contribution is 8.77. The minimum absolute atomic E-state index is 0.0265. The Morgan fingerprint density at radius 1 is 1.18 bits per heavy atom. The van der Waals surface area contributed by atoms with E-state index in [4.69, 9.17) is 10.5 Å². The van der Waals surface area contributed by atoms with Crippen molar-refractivity contribution in [3.63, 3.8) is 0 Å². The summed E-state index contributed by atoms with van der Waals surface area (Å²) in [4.78, 5) is 30.0. The normalized spacial score (nSPS) is 25.1. The van der Waals surface area contributed by atoms with Crippen molar-refractivity contribution in [2.45, 2.75) is 88.1 Å². The maximum atomic E-state index is 12.8. The Morgan fingerprint density at radius 2 is 2.00 bits per heavy atom. The molecule has 1 saturated carbocycles. The van der Waals surface area contributed by atoms with Gasteiger partial charge in [0.05, 0.1) is 36.8 Å². The molecule has 0 amide bonds. The predicted molar refractivity (Wildman–Crippen MR) is 179 cm³/mol. The van der Waals surface area contributed by atoms with Gasteiger partial charge < -0.3 is 25.5 Å². The maximum Gasteiger partial charge on any atom is 0.163 e. The highest BCUT2D eigenvalue weighted by Gasteiger charge is 2.45. The number of nitrogens with two attached hydrogens (primary N) is 1. The zero-order chi connectivity index (χ0) is 31.1. The van der Waals surface area contributed by atoms with Crippen LogP contribution < -0.4 is 15.8 Å². The zero-order valence-electron chi connectivity index (χ0n) is 25.7. The van der Waals surface area contributed by atoms with Crippen LogP contribution in [0.5, 0.6) is 11.5 Å². The molecule has 4 N–H and O–H groups in total. The van der Waals surface area contributed by atoms with Crippen LogP contribution in [0.2, 0.25) is 0 Å². The number of imidazole rings is 1. The van der Waals surface area contributed by atoms with Crippen molar-refractivity contribution in [1.29, 1.82) is 0 Å². The van der Waals surface area contributed by atoms with E-state index in [0.29, 0.717) is 24.5 Å². The average Bonchev–Trinajstić information content (AvgIpc) is 3.57. The van der Waals surface area contributed by atoms with Crippen LogP contribution >= 0.6 is 21.6 Å². The fourth-order valence-corrected chi connectivity index (χ4v) is 10.4. The Balaban J connectivity index is 1.58. The van der Waals surface area contributed by atoms with E-state index in [2.05, 4.69) is 34.1 Å². The van der Waals surface area contributed by atoms with Crippen LogP contribution in [0.4, 0.5) is 0 Å². The predicted octanol–water partition coefficient (Wildman–Crippen LogP) is 6.31. The highest BCUT2D eigenvalue weighted by Crippen LogP contribution is 2.50. The molecule has 3 unspecified atom stereocenters. The Morgan fingerprint density at radius 3 is 2.73 bits per heavy atom. The number of methoxy groups -OCH3 is 1. The number of aromatic nitrogens is 2. The SMILES string of the molecule is CCC1CCC(=O)CC(=O)C=Cc2cc(OC)c(O)cc2CC2=CNC(N)C(=C2)C(C2(n3ccnc3)CCCCC2)SSC1. The fraction of sp³-hybridized carbons (Fsp3) is 0.500. The number of aromatic hydroxyl groups is 1. The quantitative estimate of drug-likeness (QED) is 0.262. The summed E-state index contributed by atoms with van der Waals surface area (Å²) in [7, 11) is 5.27. The number of fused-ring (bicyclic) bond motifs is 2. The number of dihydropyridines is 1. The van der Waals surface area contributed by atoms with Crippen molar-refractivity contribution in [1.82, 2.24) is 14.9 Å². The van der Waals surface area contributed by atoms with Crippen LogP contribution in [0.3, 0.4) is 0 Å². The lowest BCUT2D eigenvalue weighted by Crippen LogP contribution is -2.51. The number of rotatable bonds is 4. The molecule has 2 aliphatic heterocycles. The van der Waals surface area contributed by atoms with Crippen molar-refractivity contribution in [3.8, 4) is 11.5 Å². The molecule has 3 heterocycles. The Hall–Kier alpha value is -2.95. The number of ketones is 2. The van der Waals surface area contributed by atoms with E-state index >= 15 is 0 Å². The zero-order valence-corrected chi connectivity index (χ0v) is 27.3. The summed E-state index contributed by atoms with van der Waals surface area (Å²) in [5.41, 5.74) is 10.4. The average molecular weight is 637 g/mol. The van der Waals surface area contributed by atoms with Crippen LogP contribution in [-0.4, -0.2) is 50.5 Å². The fourth-order valence-electron chi connectivity index (χ4n) is 6.59. The topological polar surface area (TPSA) is 119 Å². The summed E-state index contributed by atoms with van der Waals surface area (Å²) in [5.74, 6) is 1.41. The molecule has 0 saturated heterocycles. The van der Waals surface area contributed by atoms with Crippen LogP contribution in [-0.2, 0) is 21.5 Å². The van der Waals surface area contributed by atoms with Crippen molar-refractivity contribution in [2.75, 3.05) is 12.9 Å². The number of phenolic OH excluding ortho intramolecular Hbond substituents is 1. The molecular formula is C34H44N4O4S2. The lowest BCUT2D eigenvalue weighted by atomic mass is 9.75. The number of hydrogen-bond donors (Lipinski definition) is 3. The lowest BCUT2D eigenvalue weighted by Gasteiger charge is -2.46. The Labute approximate surface area is 268 Å². The van der Waals surface area contributed by atoms with Gasteiger partial charge in [0, 0.05) is 30.8 Å². The van der Waals surface area contributed by atoms with E-state index in [-0.39, 0.29) is 40.7 Å². The molecule has 236 valence electrons. The van der Waals surface area contributed by atoms with E-state index < -0.39 is 0 Å². The maximum absolute atomic E-state index is 12.8. The minimum Gasteiger partial charge on any atom is -0.504 e. The van der Waals surface area contributed by atoms with Gasteiger partial charge in [0.2, 0.25) is 0 Å². The molecule has 1 aromatic heterocycles. The van der Waals surface area contributed by atoms with Crippen molar-refractivity contribution in [3.05, 3.63) is 71.5 Å². The van der Waals surface area contributed by atoms with Crippen molar-refractivity contribution >= 4 is 39.2 Å². The summed E-state index contributed by atoms with van der Waals surface area (Å²) in [6.07, 6.45) is 21.2. The first kappa shape index (κ1) is 32.4. The number of hydrogen-bond acceptors (Lipinski definition) is 9. The van der Waals surface area contributed by atoms with Crippen molar-refractivity contribution in [2.24, 2.45) is 11.7 Å². The third kappa shape index (κ3) is 7.46. The van der Waals surface area contributed by atoms with E-state index in [1.165, 1.54) is 19.6 Å². The smallest absolute Gasteiger partial charge is 0.163 e. The number of carbonyl (C=O) groups excluding carboxylic acids is 2. The lowest BCUT2D eigenvalue weighted by molar-refractivity contribution is -0.124. The molecule has 3 atom stereocenters. The Kier molecular flexibility index (Phi) is 11.0. The number of ether oxygens (including phenoxy) is 1. The van der Waals surface area contributed by atoms with Gasteiger partial charge in [-0.25, -0.2) is 4.98 Å². The molecule has 8 nitrogen and oxygen atoms in total. The number of benzene rings is 1. The van der Waals surface area contributed by atoms with Crippen LogP contribution in [0.25, 0.3) is 6.08 Å². The molecule has 10 heteroatoms. The third-order valence-corrected chi connectivity index (χ3v) is 12.3. The number of carbonyl (C=O) groups is 2. The van der Waals surface area contributed by atoms with Crippen LogP contribution in [0.15, 0.2) is 60.4 Å².